The Balaban J connectivity index is 2.20. The van der Waals surface area contributed by atoms with Gasteiger partial charge in [-0.05, 0) is 18.2 Å². The molecule has 0 radical (unpaired) electrons. The number of fused-ring (bicyclic) bond motifs is 1. The van der Waals surface area contributed by atoms with Crippen molar-refractivity contribution in [1.29, 1.82) is 0 Å². The highest BCUT2D eigenvalue weighted by molar-refractivity contribution is 6.42. The molecule has 3 rings (SSSR count). The zero-order chi connectivity index (χ0) is 20.8. The van der Waals surface area contributed by atoms with Crippen LogP contribution in [0.15, 0.2) is 42.5 Å². The van der Waals surface area contributed by atoms with Crippen LogP contribution >= 0.6 is 0 Å². The first-order chi connectivity index (χ1) is 13.0. The van der Waals surface area contributed by atoms with Crippen LogP contribution in [0.2, 0.25) is 0 Å². The van der Waals surface area contributed by atoms with Gasteiger partial charge in [0.15, 0.2) is 0 Å². The highest BCUT2D eigenvalue weighted by atomic mass is 19.4. The number of nitro groups is 1. The number of carbonyl (C=O) groups excluding carboxylic acids is 2. The van der Waals surface area contributed by atoms with Crippen LogP contribution in [-0.2, 0) is 15.8 Å². The van der Waals surface area contributed by atoms with Gasteiger partial charge in [0.25, 0.3) is 11.6 Å². The van der Waals surface area contributed by atoms with Gasteiger partial charge in [-0.3, -0.25) is 19.7 Å². The third-order valence-electron chi connectivity index (χ3n) is 4.16. The highest BCUT2D eigenvalue weighted by Crippen LogP contribution is 2.42. The van der Waals surface area contributed by atoms with Crippen molar-refractivity contribution in [2.45, 2.75) is 13.1 Å². The molecule has 2 aromatic carbocycles. The van der Waals surface area contributed by atoms with Crippen molar-refractivity contribution in [3.8, 4) is 0 Å². The smallest absolute Gasteiger partial charge is 0.416 e. The zero-order valence-corrected chi connectivity index (χ0v) is 14.1. The zero-order valence-electron chi connectivity index (χ0n) is 14.1. The first kappa shape index (κ1) is 19.1. The summed E-state index contributed by atoms with van der Waals surface area (Å²) in [6, 6.07) is 6.69. The van der Waals surface area contributed by atoms with E-state index >= 15 is 0 Å². The van der Waals surface area contributed by atoms with Gasteiger partial charge in [-0.25, -0.2) is 4.90 Å². The number of nitro benzene ring substituents is 1. The largest absolute Gasteiger partial charge is 0.506 e. The van der Waals surface area contributed by atoms with E-state index in [1.165, 1.54) is 6.07 Å². The molecular weight excluding hydrogens is 381 g/mol. The molecule has 0 saturated heterocycles. The molecule has 0 fully saturated rings. The normalized spacial score (nSPS) is 15.4. The Morgan fingerprint density at radius 2 is 1.75 bits per heavy atom. The van der Waals surface area contributed by atoms with E-state index in [-0.39, 0.29) is 22.5 Å². The molecule has 2 amide bonds. The minimum absolute atomic E-state index is 0.0385. The summed E-state index contributed by atoms with van der Waals surface area (Å²) in [6.07, 6.45) is -4.58. The number of alkyl halides is 3. The van der Waals surface area contributed by atoms with Crippen molar-refractivity contribution in [2.24, 2.45) is 0 Å². The van der Waals surface area contributed by atoms with Crippen molar-refractivity contribution in [2.75, 3.05) is 4.90 Å². The van der Waals surface area contributed by atoms with Gasteiger partial charge in [-0.2, -0.15) is 13.2 Å². The molecule has 0 atom stereocenters. The van der Waals surface area contributed by atoms with E-state index in [9.17, 15) is 38.0 Å². The summed E-state index contributed by atoms with van der Waals surface area (Å²) in [5.74, 6) is -2.31. The molecule has 0 bridgehead atoms. The van der Waals surface area contributed by atoms with Gasteiger partial charge in [-0.1, -0.05) is 12.1 Å². The van der Waals surface area contributed by atoms with Gasteiger partial charge in [0.2, 0.25) is 5.91 Å². The van der Waals surface area contributed by atoms with Crippen molar-refractivity contribution in [1.82, 2.24) is 0 Å². The number of anilines is 1. The van der Waals surface area contributed by atoms with E-state index in [0.29, 0.717) is 0 Å². The van der Waals surface area contributed by atoms with E-state index in [2.05, 4.69) is 0 Å². The number of hydrogen-bond donors (Lipinski definition) is 1. The number of non-ortho nitro benzene ring substituents is 1. The number of benzene rings is 2. The Labute approximate surface area is 155 Å². The van der Waals surface area contributed by atoms with Gasteiger partial charge >= 0.3 is 6.18 Å². The van der Waals surface area contributed by atoms with Crippen LogP contribution in [-0.4, -0.2) is 21.8 Å². The molecule has 1 N–H and O–H groups in total. The molecule has 0 aliphatic carbocycles. The lowest BCUT2D eigenvalue weighted by Crippen LogP contribution is -2.31. The summed E-state index contributed by atoms with van der Waals surface area (Å²) in [5.41, 5.74) is -1.88. The standard InChI is InChI=1S/C18H11F3N2O5/c1-9(24)22-14-7-6-12(23(27)28)8-13(14)15(17(22)26)16(25)10-2-4-11(5-3-10)18(19,20)21/h2-8,25H,1H3. The summed E-state index contributed by atoms with van der Waals surface area (Å²) in [7, 11) is 0. The number of rotatable bonds is 2. The quantitative estimate of drug-likeness (QED) is 0.361. The minimum atomic E-state index is -4.58. The molecule has 10 heteroatoms. The predicted octanol–water partition coefficient (Wildman–Crippen LogP) is 3.93. The van der Waals surface area contributed by atoms with Crippen molar-refractivity contribution >= 4 is 34.5 Å². The SMILES string of the molecule is CC(=O)N1C(=O)C(=C(O)c2ccc(C(F)(F)F)cc2)c2cc([N+](=O)[O-])ccc21. The molecule has 144 valence electrons. The molecule has 0 spiro atoms. The van der Waals surface area contributed by atoms with Crippen LogP contribution in [0, 0.1) is 10.1 Å². The van der Waals surface area contributed by atoms with E-state index in [4.69, 9.17) is 0 Å². The van der Waals surface area contributed by atoms with Gasteiger partial charge in [0, 0.05) is 30.2 Å². The number of aliphatic hydroxyl groups is 1. The molecule has 1 aliphatic rings. The average molecular weight is 392 g/mol. The fraction of sp³-hybridized carbons (Fsp3) is 0.111. The third kappa shape index (κ3) is 3.08. The molecule has 2 aromatic rings. The maximum absolute atomic E-state index is 12.7. The minimum Gasteiger partial charge on any atom is -0.506 e. The maximum atomic E-state index is 12.7. The van der Waals surface area contributed by atoms with Crippen LogP contribution in [0.25, 0.3) is 11.3 Å². The Bertz CT molecular complexity index is 1040. The number of imide groups is 1. The summed E-state index contributed by atoms with van der Waals surface area (Å²) in [6.45, 7) is 1.10. The van der Waals surface area contributed by atoms with Crippen molar-refractivity contribution in [3.63, 3.8) is 0 Å². The van der Waals surface area contributed by atoms with E-state index in [1.54, 1.807) is 0 Å². The summed E-state index contributed by atoms with van der Waals surface area (Å²) in [4.78, 5) is 35.6. The monoisotopic (exact) mass is 392 g/mol. The second-order valence-corrected chi connectivity index (χ2v) is 5.92. The molecule has 0 aromatic heterocycles. The van der Waals surface area contributed by atoms with Gasteiger partial charge in [0.1, 0.15) is 5.76 Å². The fourth-order valence-electron chi connectivity index (χ4n) is 2.87. The van der Waals surface area contributed by atoms with Crippen LogP contribution in [0.5, 0.6) is 0 Å². The second kappa shape index (κ2) is 6.48. The van der Waals surface area contributed by atoms with E-state index in [0.717, 1.165) is 48.2 Å². The molecule has 1 aliphatic heterocycles. The van der Waals surface area contributed by atoms with Gasteiger partial charge < -0.3 is 5.11 Å². The maximum Gasteiger partial charge on any atom is 0.416 e. The number of carbonyl (C=O) groups is 2. The number of hydrogen-bond acceptors (Lipinski definition) is 5. The summed E-state index contributed by atoms with van der Waals surface area (Å²) >= 11 is 0. The topological polar surface area (TPSA) is 101 Å². The van der Waals surface area contributed by atoms with Gasteiger partial charge in [0.05, 0.1) is 21.7 Å². The van der Waals surface area contributed by atoms with Crippen LogP contribution < -0.4 is 4.90 Å². The van der Waals surface area contributed by atoms with E-state index < -0.39 is 39.8 Å². The Morgan fingerprint density at radius 3 is 2.25 bits per heavy atom. The second-order valence-electron chi connectivity index (χ2n) is 5.92. The number of nitrogens with zero attached hydrogens (tertiary/aromatic N) is 2. The molecule has 28 heavy (non-hydrogen) atoms. The first-order valence-electron chi connectivity index (χ1n) is 7.77. The first-order valence-corrected chi connectivity index (χ1v) is 7.77. The predicted molar refractivity (Wildman–Crippen MR) is 92.2 cm³/mol. The summed E-state index contributed by atoms with van der Waals surface area (Å²) in [5, 5.41) is 21.6. The van der Waals surface area contributed by atoms with Crippen LogP contribution in [0.1, 0.15) is 23.6 Å². The summed E-state index contributed by atoms with van der Waals surface area (Å²) < 4.78 is 38.1. The van der Waals surface area contributed by atoms with E-state index in [1.807, 2.05) is 0 Å². The lowest BCUT2D eigenvalue weighted by atomic mass is 10.0. The Hall–Kier alpha value is -3.69. The molecule has 1 heterocycles. The number of amides is 2. The van der Waals surface area contributed by atoms with Crippen molar-refractivity contribution < 1.29 is 32.8 Å². The number of halogens is 3. The van der Waals surface area contributed by atoms with Gasteiger partial charge in [-0.15, -0.1) is 0 Å². The molecular formula is C18H11F3N2O5. The number of aliphatic hydroxyl groups excluding tert-OH is 1. The van der Waals surface area contributed by atoms with Crippen molar-refractivity contribution in [3.05, 3.63) is 69.3 Å². The molecule has 0 saturated carbocycles. The lowest BCUT2D eigenvalue weighted by Gasteiger charge is -2.12. The van der Waals surface area contributed by atoms with Crippen LogP contribution in [0.3, 0.4) is 0 Å². The average Bonchev–Trinajstić information content (AvgIpc) is 2.91. The lowest BCUT2D eigenvalue weighted by molar-refractivity contribution is -0.384. The molecule has 7 nitrogen and oxygen atoms in total. The Kier molecular flexibility index (Phi) is 4.42. The highest BCUT2D eigenvalue weighted by Gasteiger charge is 2.39. The van der Waals surface area contributed by atoms with Crippen LogP contribution in [0.4, 0.5) is 24.5 Å². The fourth-order valence-corrected chi connectivity index (χ4v) is 2.87. The Morgan fingerprint density at radius 1 is 1.14 bits per heavy atom. The third-order valence-corrected chi connectivity index (χ3v) is 4.16. The molecule has 0 unspecified atom stereocenters.